The molecule has 0 spiro atoms. The lowest BCUT2D eigenvalue weighted by Gasteiger charge is -2.14. The maximum absolute atomic E-state index is 10.8. The van der Waals surface area contributed by atoms with Crippen LogP contribution in [0.2, 0.25) is 0 Å². The molecule has 3 heteroatoms. The maximum Gasteiger partial charge on any atom is 0.129 e. The van der Waals surface area contributed by atoms with Gasteiger partial charge in [0.1, 0.15) is 5.78 Å². The van der Waals surface area contributed by atoms with Crippen molar-refractivity contribution >= 4 is 5.78 Å². The monoisotopic (exact) mass is 314 g/mol. The van der Waals surface area contributed by atoms with Crippen molar-refractivity contribution in [1.29, 1.82) is 0 Å². The van der Waals surface area contributed by atoms with Crippen molar-refractivity contribution in [1.82, 2.24) is 0 Å². The highest BCUT2D eigenvalue weighted by Crippen LogP contribution is 2.15. The average molecular weight is 315 g/mol. The molecule has 0 aliphatic rings. The second kappa shape index (κ2) is 15.5. The fraction of sp³-hybridized carbons (Fsp3) is 0.947. The first-order chi connectivity index (χ1) is 10.6. The van der Waals surface area contributed by atoms with Gasteiger partial charge >= 0.3 is 0 Å². The summed E-state index contributed by atoms with van der Waals surface area (Å²) in [6.07, 6.45) is 13.6. The number of hydrogen-bond acceptors (Lipinski definition) is 3. The van der Waals surface area contributed by atoms with Gasteiger partial charge in [0.25, 0.3) is 0 Å². The first-order valence-electron chi connectivity index (χ1n) is 9.41. The first-order valence-corrected chi connectivity index (χ1v) is 9.41. The lowest BCUT2D eigenvalue weighted by molar-refractivity contribution is -0.117. The molecule has 0 heterocycles. The summed E-state index contributed by atoms with van der Waals surface area (Å²) in [5, 5.41) is 19.8. The Morgan fingerprint density at radius 3 is 1.68 bits per heavy atom. The van der Waals surface area contributed by atoms with Crippen molar-refractivity contribution in [3.8, 4) is 0 Å². The van der Waals surface area contributed by atoms with Crippen molar-refractivity contribution < 1.29 is 15.0 Å². The molecule has 0 aliphatic heterocycles. The molecule has 0 saturated heterocycles. The minimum Gasteiger partial charge on any atom is -0.393 e. The van der Waals surface area contributed by atoms with Crippen molar-refractivity contribution in [3.63, 3.8) is 0 Å². The maximum atomic E-state index is 10.8. The zero-order valence-electron chi connectivity index (χ0n) is 14.9. The summed E-state index contributed by atoms with van der Waals surface area (Å²) in [4.78, 5) is 10.8. The highest BCUT2D eigenvalue weighted by atomic mass is 16.3. The van der Waals surface area contributed by atoms with Gasteiger partial charge in [0.15, 0.2) is 0 Å². The van der Waals surface area contributed by atoms with E-state index >= 15 is 0 Å². The quantitative estimate of drug-likeness (QED) is 0.403. The van der Waals surface area contributed by atoms with Crippen molar-refractivity contribution in [2.45, 2.75) is 116 Å². The van der Waals surface area contributed by atoms with Crippen LogP contribution in [-0.2, 0) is 4.79 Å². The predicted octanol–water partition coefficient (Wildman–Crippen LogP) is 4.78. The van der Waals surface area contributed by atoms with E-state index < -0.39 is 0 Å². The van der Waals surface area contributed by atoms with Gasteiger partial charge in [-0.3, -0.25) is 0 Å². The number of aliphatic hydroxyl groups excluding tert-OH is 2. The van der Waals surface area contributed by atoms with Crippen LogP contribution in [0.1, 0.15) is 104 Å². The van der Waals surface area contributed by atoms with Crippen LogP contribution < -0.4 is 0 Å². The molecule has 2 atom stereocenters. The summed E-state index contributed by atoms with van der Waals surface area (Å²) in [6, 6.07) is 0. The normalized spacial score (nSPS) is 14.0. The summed E-state index contributed by atoms with van der Waals surface area (Å²) in [5.74, 6) is 0.281. The molecule has 2 N–H and O–H groups in total. The molecule has 2 unspecified atom stereocenters. The largest absolute Gasteiger partial charge is 0.393 e. The zero-order valence-corrected chi connectivity index (χ0v) is 14.9. The molecular weight excluding hydrogens is 276 g/mol. The van der Waals surface area contributed by atoms with E-state index in [1.54, 1.807) is 6.92 Å². The fourth-order valence-corrected chi connectivity index (χ4v) is 2.76. The summed E-state index contributed by atoms with van der Waals surface area (Å²) >= 11 is 0. The Labute approximate surface area is 137 Å². The van der Waals surface area contributed by atoms with Gasteiger partial charge in [0, 0.05) is 6.42 Å². The second-order valence-electron chi connectivity index (χ2n) is 6.74. The number of unbranched alkanes of at least 4 members (excludes halogenated alkanes) is 7. The Morgan fingerprint density at radius 1 is 0.727 bits per heavy atom. The van der Waals surface area contributed by atoms with E-state index in [1.165, 1.54) is 19.3 Å². The molecular formula is C19H38O3. The third-order valence-corrected chi connectivity index (χ3v) is 4.29. The smallest absolute Gasteiger partial charge is 0.129 e. The Balaban J connectivity index is 3.34. The van der Waals surface area contributed by atoms with Crippen LogP contribution >= 0.6 is 0 Å². The molecule has 0 aliphatic carbocycles. The predicted molar refractivity (Wildman–Crippen MR) is 93.0 cm³/mol. The third kappa shape index (κ3) is 16.0. The third-order valence-electron chi connectivity index (χ3n) is 4.29. The molecule has 0 rings (SSSR count). The molecule has 0 saturated carbocycles. The van der Waals surface area contributed by atoms with E-state index in [-0.39, 0.29) is 18.0 Å². The highest BCUT2D eigenvalue weighted by Gasteiger charge is 2.09. The van der Waals surface area contributed by atoms with E-state index in [4.69, 9.17) is 0 Å². The van der Waals surface area contributed by atoms with Gasteiger partial charge in [-0.25, -0.2) is 0 Å². The van der Waals surface area contributed by atoms with E-state index in [2.05, 4.69) is 6.92 Å². The number of carbonyl (C=O) groups is 1. The highest BCUT2D eigenvalue weighted by molar-refractivity contribution is 5.75. The van der Waals surface area contributed by atoms with Gasteiger partial charge in [-0.05, 0) is 39.0 Å². The standard InChI is InChI=1S/C19H38O3/c1-3-4-5-10-13-18(21)15-16-19(22)14-11-8-6-7-9-12-17(2)20/h18-19,21-22H,3-16H2,1-2H3. The van der Waals surface area contributed by atoms with Gasteiger partial charge in [0.05, 0.1) is 12.2 Å². The number of carbonyl (C=O) groups excluding carboxylic acids is 1. The zero-order chi connectivity index (χ0) is 16.6. The number of Topliss-reactive ketones (excluding diaryl/α,β-unsaturated/α-hetero) is 1. The molecule has 132 valence electrons. The molecule has 0 radical (unpaired) electrons. The molecule has 3 nitrogen and oxygen atoms in total. The van der Waals surface area contributed by atoms with Gasteiger partial charge in [-0.15, -0.1) is 0 Å². The Morgan fingerprint density at radius 2 is 1.18 bits per heavy atom. The molecule has 0 bridgehead atoms. The van der Waals surface area contributed by atoms with Crippen molar-refractivity contribution in [2.75, 3.05) is 0 Å². The van der Waals surface area contributed by atoms with Crippen LogP contribution in [0.15, 0.2) is 0 Å². The molecule has 0 fully saturated rings. The van der Waals surface area contributed by atoms with Crippen LogP contribution in [0.25, 0.3) is 0 Å². The summed E-state index contributed by atoms with van der Waals surface area (Å²) in [5.41, 5.74) is 0. The number of hydrogen-bond donors (Lipinski definition) is 2. The molecule has 22 heavy (non-hydrogen) atoms. The Bertz CT molecular complexity index is 253. The number of ketones is 1. The molecule has 0 aromatic carbocycles. The van der Waals surface area contributed by atoms with Gasteiger partial charge in [-0.2, -0.15) is 0 Å². The second-order valence-corrected chi connectivity index (χ2v) is 6.74. The van der Waals surface area contributed by atoms with Gasteiger partial charge in [0.2, 0.25) is 0 Å². The van der Waals surface area contributed by atoms with E-state index in [9.17, 15) is 15.0 Å². The van der Waals surface area contributed by atoms with E-state index in [0.29, 0.717) is 6.42 Å². The minimum absolute atomic E-state index is 0.238. The number of rotatable bonds is 16. The summed E-state index contributed by atoms with van der Waals surface area (Å²) < 4.78 is 0. The lowest BCUT2D eigenvalue weighted by atomic mass is 10.0. The molecule has 0 aromatic rings. The van der Waals surface area contributed by atoms with Crippen molar-refractivity contribution in [2.24, 2.45) is 0 Å². The van der Waals surface area contributed by atoms with Crippen LogP contribution in [-0.4, -0.2) is 28.2 Å². The lowest BCUT2D eigenvalue weighted by Crippen LogP contribution is -2.13. The summed E-state index contributed by atoms with van der Waals surface area (Å²) in [7, 11) is 0. The van der Waals surface area contributed by atoms with E-state index in [1.807, 2.05) is 0 Å². The van der Waals surface area contributed by atoms with Gasteiger partial charge < -0.3 is 15.0 Å². The number of aliphatic hydroxyl groups is 2. The van der Waals surface area contributed by atoms with Gasteiger partial charge in [-0.1, -0.05) is 58.3 Å². The SMILES string of the molecule is CCCCCCC(O)CCC(O)CCCCCCCC(C)=O. The van der Waals surface area contributed by atoms with E-state index in [0.717, 1.165) is 64.2 Å². The molecule has 0 aromatic heterocycles. The molecule has 0 amide bonds. The Kier molecular flexibility index (Phi) is 15.2. The van der Waals surface area contributed by atoms with Crippen LogP contribution in [0.5, 0.6) is 0 Å². The minimum atomic E-state index is -0.262. The average Bonchev–Trinajstić information content (AvgIpc) is 2.48. The van der Waals surface area contributed by atoms with Crippen molar-refractivity contribution in [3.05, 3.63) is 0 Å². The summed E-state index contributed by atoms with van der Waals surface area (Å²) in [6.45, 7) is 3.84. The first kappa shape index (κ1) is 21.6. The topological polar surface area (TPSA) is 57.5 Å². The van der Waals surface area contributed by atoms with Crippen LogP contribution in [0, 0.1) is 0 Å². The van der Waals surface area contributed by atoms with Crippen LogP contribution in [0.3, 0.4) is 0 Å². The Hall–Kier alpha value is -0.410. The van der Waals surface area contributed by atoms with Crippen LogP contribution in [0.4, 0.5) is 0 Å². The fourth-order valence-electron chi connectivity index (χ4n) is 2.76.